The van der Waals surface area contributed by atoms with Crippen molar-refractivity contribution in [1.82, 2.24) is 0 Å². The Hall–Kier alpha value is -1.72. The Morgan fingerprint density at radius 2 is 1.86 bits per heavy atom. The molecule has 0 bridgehead atoms. The molecule has 122 valence electrons. The highest BCUT2D eigenvalue weighted by Gasteiger charge is 2.36. The van der Waals surface area contributed by atoms with Gasteiger partial charge in [0, 0.05) is 11.1 Å². The lowest BCUT2D eigenvalue weighted by Gasteiger charge is -2.32. The van der Waals surface area contributed by atoms with Gasteiger partial charge in [-0.2, -0.15) is 13.2 Å². The van der Waals surface area contributed by atoms with Crippen LogP contribution in [0.2, 0.25) is 0 Å². The van der Waals surface area contributed by atoms with Gasteiger partial charge < -0.3 is 10.1 Å². The molecule has 1 amide bonds. The van der Waals surface area contributed by atoms with Gasteiger partial charge >= 0.3 is 6.18 Å². The van der Waals surface area contributed by atoms with Crippen LogP contribution in [0.4, 0.5) is 18.9 Å². The average Bonchev–Trinajstić information content (AvgIpc) is 2.47. The van der Waals surface area contributed by atoms with Gasteiger partial charge in [-0.3, -0.25) is 4.79 Å². The number of carbonyl (C=O) groups is 1. The minimum atomic E-state index is -4.53. The molecule has 0 spiro atoms. The molecule has 1 aliphatic carbocycles. The molecule has 1 aromatic rings. The lowest BCUT2D eigenvalue weighted by atomic mass is 9.75. The van der Waals surface area contributed by atoms with Gasteiger partial charge in [-0.05, 0) is 31.0 Å². The van der Waals surface area contributed by atoms with E-state index in [1.807, 2.05) is 6.92 Å². The smallest absolute Gasteiger partial charge is 0.420 e. The molecule has 0 aliphatic heterocycles. The second-order valence-corrected chi connectivity index (χ2v) is 5.99. The van der Waals surface area contributed by atoms with Crippen molar-refractivity contribution in [2.75, 3.05) is 12.4 Å². The van der Waals surface area contributed by atoms with E-state index in [9.17, 15) is 18.0 Å². The fraction of sp³-hybridized carbons (Fsp3) is 0.562. The van der Waals surface area contributed by atoms with E-state index in [0.717, 1.165) is 38.2 Å². The lowest BCUT2D eigenvalue weighted by Crippen LogP contribution is -2.35. The SMILES string of the molecule is COc1ccc(NC(=O)C2(C)CCCCC2)cc1C(F)(F)F. The highest BCUT2D eigenvalue weighted by atomic mass is 19.4. The molecule has 0 atom stereocenters. The number of amides is 1. The van der Waals surface area contributed by atoms with Gasteiger partial charge in [-0.1, -0.05) is 26.2 Å². The highest BCUT2D eigenvalue weighted by Crippen LogP contribution is 2.39. The summed E-state index contributed by atoms with van der Waals surface area (Å²) >= 11 is 0. The van der Waals surface area contributed by atoms with Crippen LogP contribution < -0.4 is 10.1 Å². The third-order valence-electron chi connectivity index (χ3n) is 4.27. The molecule has 0 unspecified atom stereocenters. The van der Waals surface area contributed by atoms with Gasteiger partial charge in [0.1, 0.15) is 5.75 Å². The van der Waals surface area contributed by atoms with Crippen molar-refractivity contribution >= 4 is 11.6 Å². The molecule has 6 heteroatoms. The summed E-state index contributed by atoms with van der Waals surface area (Å²) in [6.07, 6.45) is 0.0490. The number of ether oxygens (including phenoxy) is 1. The molecule has 1 fully saturated rings. The standard InChI is InChI=1S/C16H20F3NO2/c1-15(8-4-3-5-9-15)14(21)20-11-6-7-13(22-2)12(10-11)16(17,18)19/h6-7,10H,3-5,8-9H2,1-2H3,(H,20,21). The maximum Gasteiger partial charge on any atom is 0.420 e. The first-order chi connectivity index (χ1) is 10.3. The summed E-state index contributed by atoms with van der Waals surface area (Å²) in [6.45, 7) is 1.87. The number of nitrogens with one attached hydrogen (secondary N) is 1. The summed E-state index contributed by atoms with van der Waals surface area (Å²) < 4.78 is 43.7. The van der Waals surface area contributed by atoms with Crippen LogP contribution in [0.5, 0.6) is 5.75 Å². The maximum atomic E-state index is 13.0. The fourth-order valence-electron chi connectivity index (χ4n) is 2.85. The molecule has 2 rings (SSSR count). The monoisotopic (exact) mass is 315 g/mol. The third-order valence-corrected chi connectivity index (χ3v) is 4.27. The van der Waals surface area contributed by atoms with E-state index >= 15 is 0 Å². The summed E-state index contributed by atoms with van der Waals surface area (Å²) in [5, 5.41) is 2.62. The van der Waals surface area contributed by atoms with Gasteiger partial charge in [0.15, 0.2) is 0 Å². The van der Waals surface area contributed by atoms with Crippen molar-refractivity contribution in [3.8, 4) is 5.75 Å². The van der Waals surface area contributed by atoms with Crippen LogP contribution in [0.15, 0.2) is 18.2 Å². The van der Waals surface area contributed by atoms with Crippen molar-refractivity contribution < 1.29 is 22.7 Å². The lowest BCUT2D eigenvalue weighted by molar-refractivity contribution is -0.138. The van der Waals surface area contributed by atoms with E-state index in [-0.39, 0.29) is 17.3 Å². The Balaban J connectivity index is 2.21. The Morgan fingerprint density at radius 3 is 2.41 bits per heavy atom. The minimum Gasteiger partial charge on any atom is -0.496 e. The predicted octanol–water partition coefficient (Wildman–Crippen LogP) is 4.62. The van der Waals surface area contributed by atoms with Crippen LogP contribution in [-0.4, -0.2) is 13.0 Å². The molecule has 0 radical (unpaired) electrons. The van der Waals surface area contributed by atoms with Crippen molar-refractivity contribution in [3.05, 3.63) is 23.8 Å². The Labute approximate surface area is 127 Å². The number of benzene rings is 1. The predicted molar refractivity (Wildman–Crippen MR) is 77.8 cm³/mol. The number of methoxy groups -OCH3 is 1. The summed E-state index contributed by atoms with van der Waals surface area (Å²) in [5.74, 6) is -0.472. The van der Waals surface area contributed by atoms with E-state index in [0.29, 0.717) is 0 Å². The zero-order valence-electron chi connectivity index (χ0n) is 12.7. The van der Waals surface area contributed by atoms with Gasteiger partial charge in [-0.25, -0.2) is 0 Å². The first-order valence-corrected chi connectivity index (χ1v) is 7.33. The first-order valence-electron chi connectivity index (χ1n) is 7.33. The number of hydrogen-bond donors (Lipinski definition) is 1. The molecular weight excluding hydrogens is 295 g/mol. The van der Waals surface area contributed by atoms with Crippen molar-refractivity contribution in [2.24, 2.45) is 5.41 Å². The molecule has 3 nitrogen and oxygen atoms in total. The third kappa shape index (κ3) is 3.54. The van der Waals surface area contributed by atoms with E-state index in [1.54, 1.807) is 0 Å². The fourth-order valence-corrected chi connectivity index (χ4v) is 2.85. The maximum absolute atomic E-state index is 13.0. The zero-order chi connectivity index (χ0) is 16.4. The topological polar surface area (TPSA) is 38.3 Å². The number of hydrogen-bond acceptors (Lipinski definition) is 2. The zero-order valence-corrected chi connectivity index (χ0v) is 12.7. The molecule has 1 saturated carbocycles. The van der Waals surface area contributed by atoms with E-state index in [1.165, 1.54) is 19.2 Å². The highest BCUT2D eigenvalue weighted by molar-refractivity contribution is 5.95. The molecule has 1 N–H and O–H groups in total. The summed E-state index contributed by atoms with van der Waals surface area (Å²) in [4.78, 5) is 12.4. The summed E-state index contributed by atoms with van der Waals surface area (Å²) in [5.41, 5.74) is -1.25. The van der Waals surface area contributed by atoms with Gasteiger partial charge in [-0.15, -0.1) is 0 Å². The van der Waals surface area contributed by atoms with Crippen molar-refractivity contribution in [1.29, 1.82) is 0 Å². The number of anilines is 1. The Morgan fingerprint density at radius 1 is 1.23 bits per heavy atom. The second kappa shape index (κ2) is 6.18. The molecule has 1 aliphatic rings. The quantitative estimate of drug-likeness (QED) is 0.883. The number of alkyl halides is 3. The van der Waals surface area contributed by atoms with Crippen LogP contribution in [-0.2, 0) is 11.0 Å². The minimum absolute atomic E-state index is 0.143. The van der Waals surface area contributed by atoms with Crippen LogP contribution >= 0.6 is 0 Å². The number of carbonyl (C=O) groups excluding carboxylic acids is 1. The average molecular weight is 315 g/mol. The van der Waals surface area contributed by atoms with E-state index < -0.39 is 17.2 Å². The van der Waals surface area contributed by atoms with Gasteiger partial charge in [0.05, 0.1) is 12.7 Å². The second-order valence-electron chi connectivity index (χ2n) is 5.99. The van der Waals surface area contributed by atoms with Crippen LogP contribution in [0.1, 0.15) is 44.6 Å². The summed E-state index contributed by atoms with van der Waals surface area (Å²) in [6, 6.07) is 3.57. The molecular formula is C16H20F3NO2. The van der Waals surface area contributed by atoms with E-state index in [2.05, 4.69) is 5.32 Å². The number of halogens is 3. The summed E-state index contributed by atoms with van der Waals surface area (Å²) in [7, 11) is 1.19. The van der Waals surface area contributed by atoms with Crippen LogP contribution in [0, 0.1) is 5.41 Å². The molecule has 22 heavy (non-hydrogen) atoms. The van der Waals surface area contributed by atoms with Crippen molar-refractivity contribution in [2.45, 2.75) is 45.2 Å². The van der Waals surface area contributed by atoms with E-state index in [4.69, 9.17) is 4.74 Å². The first kappa shape index (κ1) is 16.6. The van der Waals surface area contributed by atoms with Crippen LogP contribution in [0.3, 0.4) is 0 Å². The molecule has 0 heterocycles. The van der Waals surface area contributed by atoms with Gasteiger partial charge in [0.25, 0.3) is 0 Å². The van der Waals surface area contributed by atoms with Crippen molar-refractivity contribution in [3.63, 3.8) is 0 Å². The molecule has 0 saturated heterocycles. The largest absolute Gasteiger partial charge is 0.496 e. The molecule has 0 aromatic heterocycles. The Bertz CT molecular complexity index is 549. The Kier molecular flexibility index (Phi) is 4.68. The van der Waals surface area contributed by atoms with Crippen LogP contribution in [0.25, 0.3) is 0 Å². The number of rotatable bonds is 3. The molecule has 1 aromatic carbocycles. The normalized spacial score (nSPS) is 17.9. The van der Waals surface area contributed by atoms with Gasteiger partial charge in [0.2, 0.25) is 5.91 Å².